The van der Waals surface area contributed by atoms with E-state index >= 15 is 0 Å². The molecule has 0 unspecified atom stereocenters. The second-order valence-corrected chi connectivity index (χ2v) is 4.32. The van der Waals surface area contributed by atoms with Crippen LogP contribution in [0.1, 0.15) is 11.1 Å². The number of nitrogens with zero attached hydrogens (tertiary/aromatic N) is 2. The summed E-state index contributed by atoms with van der Waals surface area (Å²) in [5, 5.41) is 6.95. The van der Waals surface area contributed by atoms with Crippen molar-refractivity contribution in [3.8, 4) is 0 Å². The molecule has 4 heteroatoms. The highest BCUT2D eigenvalue weighted by Gasteiger charge is 1.98. The smallest absolute Gasteiger partial charge is 0.244 e. The van der Waals surface area contributed by atoms with E-state index < -0.39 is 0 Å². The molecule has 0 atom stereocenters. The first kappa shape index (κ1) is 13.8. The van der Waals surface area contributed by atoms with Gasteiger partial charge in [0.15, 0.2) is 0 Å². The van der Waals surface area contributed by atoms with Crippen molar-refractivity contribution in [3.05, 3.63) is 72.6 Å². The average Bonchev–Trinajstić information content (AvgIpc) is 2.91. The Hall–Kier alpha value is -2.62. The third kappa shape index (κ3) is 4.24. The monoisotopic (exact) mass is 267 g/mol. The lowest BCUT2D eigenvalue weighted by atomic mass is 10.2. The molecule has 0 aliphatic carbocycles. The molecule has 0 radical (unpaired) electrons. The number of amides is 1. The van der Waals surface area contributed by atoms with Crippen LogP contribution in [-0.4, -0.2) is 22.2 Å². The van der Waals surface area contributed by atoms with Crippen molar-refractivity contribution in [2.75, 3.05) is 6.54 Å². The topological polar surface area (TPSA) is 46.9 Å². The third-order valence-electron chi connectivity index (χ3n) is 2.69. The number of hydrogen-bond acceptors (Lipinski definition) is 2. The van der Waals surface area contributed by atoms with Crippen LogP contribution >= 0.6 is 0 Å². The van der Waals surface area contributed by atoms with Gasteiger partial charge in [0.2, 0.25) is 5.91 Å². The fourth-order valence-corrected chi connectivity index (χ4v) is 1.73. The zero-order valence-corrected chi connectivity index (χ0v) is 11.2. The SMILES string of the molecule is C=CCNC(=O)/C=C/c1cnn(Cc2ccccc2)c1. The minimum atomic E-state index is -0.138. The molecule has 2 aromatic rings. The standard InChI is InChI=1S/C16H17N3O/c1-2-10-17-16(20)9-8-15-11-18-19(13-15)12-14-6-4-3-5-7-14/h2-9,11,13H,1,10,12H2,(H,17,20)/b9-8+. The fourth-order valence-electron chi connectivity index (χ4n) is 1.73. The Morgan fingerprint density at radius 3 is 2.90 bits per heavy atom. The van der Waals surface area contributed by atoms with E-state index in [4.69, 9.17) is 0 Å². The van der Waals surface area contributed by atoms with Crippen LogP contribution in [-0.2, 0) is 11.3 Å². The lowest BCUT2D eigenvalue weighted by Crippen LogP contribution is -2.20. The van der Waals surface area contributed by atoms with E-state index in [9.17, 15) is 4.79 Å². The van der Waals surface area contributed by atoms with Crippen molar-refractivity contribution in [2.45, 2.75) is 6.54 Å². The summed E-state index contributed by atoms with van der Waals surface area (Å²) in [6.07, 6.45) is 8.52. The Morgan fingerprint density at radius 2 is 2.15 bits per heavy atom. The zero-order chi connectivity index (χ0) is 14.2. The summed E-state index contributed by atoms with van der Waals surface area (Å²) in [5.74, 6) is -0.138. The van der Waals surface area contributed by atoms with Gasteiger partial charge in [-0.05, 0) is 11.6 Å². The van der Waals surface area contributed by atoms with Gasteiger partial charge in [0.1, 0.15) is 0 Å². The highest BCUT2D eigenvalue weighted by Crippen LogP contribution is 2.05. The summed E-state index contributed by atoms with van der Waals surface area (Å²) in [6, 6.07) is 10.1. The Kier molecular flexibility index (Phi) is 4.89. The molecule has 2 rings (SSSR count). The Balaban J connectivity index is 1.94. The van der Waals surface area contributed by atoms with E-state index in [1.165, 1.54) is 11.6 Å². The van der Waals surface area contributed by atoms with E-state index in [1.807, 2.05) is 29.1 Å². The molecule has 1 heterocycles. The number of carbonyl (C=O) groups excluding carboxylic acids is 1. The van der Waals surface area contributed by atoms with Crippen LogP contribution in [0.25, 0.3) is 6.08 Å². The summed E-state index contributed by atoms with van der Waals surface area (Å²) in [5.41, 5.74) is 2.09. The van der Waals surface area contributed by atoms with Gasteiger partial charge in [-0.3, -0.25) is 9.48 Å². The second kappa shape index (κ2) is 7.09. The molecule has 20 heavy (non-hydrogen) atoms. The summed E-state index contributed by atoms with van der Waals surface area (Å²) in [4.78, 5) is 11.4. The van der Waals surface area contributed by atoms with Crippen LogP contribution < -0.4 is 5.32 Å². The number of rotatable bonds is 6. The molecule has 1 aromatic carbocycles. The predicted octanol–water partition coefficient (Wildman–Crippen LogP) is 2.25. The third-order valence-corrected chi connectivity index (χ3v) is 2.69. The molecule has 0 bridgehead atoms. The lowest BCUT2D eigenvalue weighted by Gasteiger charge is -2.00. The molecular weight excluding hydrogens is 250 g/mol. The first-order valence-corrected chi connectivity index (χ1v) is 6.41. The maximum Gasteiger partial charge on any atom is 0.244 e. The van der Waals surface area contributed by atoms with Gasteiger partial charge in [-0.1, -0.05) is 36.4 Å². The number of nitrogens with one attached hydrogen (secondary N) is 1. The molecule has 102 valence electrons. The molecule has 0 aliphatic heterocycles. The molecule has 1 aromatic heterocycles. The highest BCUT2D eigenvalue weighted by molar-refractivity contribution is 5.91. The Morgan fingerprint density at radius 1 is 1.35 bits per heavy atom. The fraction of sp³-hybridized carbons (Fsp3) is 0.125. The normalized spacial score (nSPS) is 10.6. The van der Waals surface area contributed by atoms with Crippen LogP contribution in [0.5, 0.6) is 0 Å². The van der Waals surface area contributed by atoms with Crippen molar-refractivity contribution >= 4 is 12.0 Å². The largest absolute Gasteiger partial charge is 0.349 e. The summed E-state index contributed by atoms with van der Waals surface area (Å²) < 4.78 is 1.84. The minimum absolute atomic E-state index is 0.138. The van der Waals surface area contributed by atoms with Crippen LogP contribution in [0.4, 0.5) is 0 Å². The van der Waals surface area contributed by atoms with Crippen molar-refractivity contribution in [1.82, 2.24) is 15.1 Å². The second-order valence-electron chi connectivity index (χ2n) is 4.32. The van der Waals surface area contributed by atoms with Gasteiger partial charge in [0, 0.05) is 24.4 Å². The molecule has 1 N–H and O–H groups in total. The maximum absolute atomic E-state index is 11.4. The van der Waals surface area contributed by atoms with Gasteiger partial charge in [-0.2, -0.15) is 5.10 Å². The van der Waals surface area contributed by atoms with E-state index in [2.05, 4.69) is 29.1 Å². The van der Waals surface area contributed by atoms with Crippen LogP contribution in [0.2, 0.25) is 0 Å². The van der Waals surface area contributed by atoms with Crippen LogP contribution in [0, 0.1) is 0 Å². The highest BCUT2D eigenvalue weighted by atomic mass is 16.1. The van der Waals surface area contributed by atoms with Crippen molar-refractivity contribution in [3.63, 3.8) is 0 Å². The van der Waals surface area contributed by atoms with Crippen molar-refractivity contribution in [1.29, 1.82) is 0 Å². The van der Waals surface area contributed by atoms with Crippen LogP contribution in [0.15, 0.2) is 61.5 Å². The first-order chi connectivity index (χ1) is 9.78. The molecule has 0 aliphatic rings. The van der Waals surface area contributed by atoms with Gasteiger partial charge < -0.3 is 5.32 Å². The van der Waals surface area contributed by atoms with Gasteiger partial charge in [-0.15, -0.1) is 6.58 Å². The number of hydrogen-bond donors (Lipinski definition) is 1. The number of benzene rings is 1. The average molecular weight is 267 g/mol. The van der Waals surface area contributed by atoms with Gasteiger partial charge >= 0.3 is 0 Å². The lowest BCUT2D eigenvalue weighted by molar-refractivity contribution is -0.116. The van der Waals surface area contributed by atoms with Crippen molar-refractivity contribution < 1.29 is 4.79 Å². The zero-order valence-electron chi connectivity index (χ0n) is 11.2. The number of aromatic nitrogens is 2. The molecule has 1 amide bonds. The quantitative estimate of drug-likeness (QED) is 0.644. The van der Waals surface area contributed by atoms with E-state index in [0.717, 1.165) is 12.1 Å². The van der Waals surface area contributed by atoms with Gasteiger partial charge in [0.25, 0.3) is 0 Å². The van der Waals surface area contributed by atoms with E-state index in [0.29, 0.717) is 6.54 Å². The molecular formula is C16H17N3O. The summed E-state index contributed by atoms with van der Waals surface area (Å²) >= 11 is 0. The number of carbonyl (C=O) groups is 1. The molecule has 0 spiro atoms. The summed E-state index contributed by atoms with van der Waals surface area (Å²) in [7, 11) is 0. The maximum atomic E-state index is 11.4. The molecule has 4 nitrogen and oxygen atoms in total. The van der Waals surface area contributed by atoms with Crippen molar-refractivity contribution in [2.24, 2.45) is 0 Å². The van der Waals surface area contributed by atoms with E-state index in [1.54, 1.807) is 18.3 Å². The van der Waals surface area contributed by atoms with Gasteiger partial charge in [0.05, 0.1) is 12.7 Å². The predicted molar refractivity (Wildman–Crippen MR) is 80.0 cm³/mol. The van der Waals surface area contributed by atoms with E-state index in [-0.39, 0.29) is 5.91 Å². The molecule has 0 fully saturated rings. The van der Waals surface area contributed by atoms with Crippen LogP contribution in [0.3, 0.4) is 0 Å². The summed E-state index contributed by atoms with van der Waals surface area (Å²) in [6.45, 7) is 4.73. The Bertz CT molecular complexity index is 599. The minimum Gasteiger partial charge on any atom is -0.349 e. The molecule has 0 saturated heterocycles. The first-order valence-electron chi connectivity index (χ1n) is 6.41. The van der Waals surface area contributed by atoms with Gasteiger partial charge in [-0.25, -0.2) is 0 Å². The molecule has 0 saturated carbocycles. The Labute approximate surface area is 118 Å².